The van der Waals surface area contributed by atoms with Crippen LogP contribution in [0.15, 0.2) is 0 Å². The predicted octanol–water partition coefficient (Wildman–Crippen LogP) is -1.15. The quantitative estimate of drug-likeness (QED) is 0.360. The summed E-state index contributed by atoms with van der Waals surface area (Å²) in [6.45, 7) is 6.95. The molecule has 0 amide bonds. The van der Waals surface area contributed by atoms with Crippen LogP contribution in [0.2, 0.25) is 0 Å². The molecule has 0 saturated heterocycles. The lowest BCUT2D eigenvalue weighted by Crippen LogP contribution is -2.69. The van der Waals surface area contributed by atoms with Crippen LogP contribution in [-0.2, 0) is 0 Å². The maximum Gasteiger partial charge on any atom is 0.131 e. The minimum atomic E-state index is -1.29. The largest absolute Gasteiger partial charge is 0.330 e. The van der Waals surface area contributed by atoms with Gasteiger partial charge in [0.05, 0.1) is 6.04 Å². The number of nitrogens with two attached hydrogens (primary N) is 5. The number of hydrogen-bond donors (Lipinski definition) is 5. The van der Waals surface area contributed by atoms with Crippen molar-refractivity contribution in [3.63, 3.8) is 0 Å². The van der Waals surface area contributed by atoms with Crippen molar-refractivity contribution in [1.82, 2.24) is 0 Å². The minimum Gasteiger partial charge on any atom is -0.330 e. The Hall–Kier alpha value is -0.200. The molecule has 0 radical (unpaired) electrons. The van der Waals surface area contributed by atoms with Gasteiger partial charge in [-0.2, -0.15) is 0 Å². The maximum atomic E-state index is 5.41. The molecule has 82 valence electrons. The Morgan fingerprint density at radius 2 is 1.38 bits per heavy atom. The van der Waals surface area contributed by atoms with E-state index in [1.54, 1.807) is 0 Å². The fourth-order valence-electron chi connectivity index (χ4n) is 0.430. The van der Waals surface area contributed by atoms with Crippen molar-refractivity contribution in [2.75, 3.05) is 6.54 Å². The summed E-state index contributed by atoms with van der Waals surface area (Å²) >= 11 is 0. The van der Waals surface area contributed by atoms with Crippen molar-refractivity contribution >= 4 is 0 Å². The standard InChI is InChI=1S/C4H15N5.C4H10/c5-2-1-3(6)4(7,8)9;1-4(2)3/h3H,1-2,5-9H2;4H,1-3H3. The van der Waals surface area contributed by atoms with Gasteiger partial charge in [-0.25, -0.2) is 0 Å². The Morgan fingerprint density at radius 1 is 1.08 bits per heavy atom. The first-order chi connectivity index (χ1) is 5.71. The van der Waals surface area contributed by atoms with E-state index in [0.717, 1.165) is 5.92 Å². The van der Waals surface area contributed by atoms with Crippen molar-refractivity contribution in [3.05, 3.63) is 0 Å². The first kappa shape index (κ1) is 15.3. The highest BCUT2D eigenvalue weighted by molar-refractivity contribution is 4.82. The van der Waals surface area contributed by atoms with Crippen molar-refractivity contribution in [2.45, 2.75) is 39.0 Å². The van der Waals surface area contributed by atoms with E-state index in [0.29, 0.717) is 13.0 Å². The molecule has 13 heavy (non-hydrogen) atoms. The van der Waals surface area contributed by atoms with Crippen LogP contribution in [0, 0.1) is 5.92 Å². The Balaban J connectivity index is 0. The molecule has 0 fully saturated rings. The minimum absolute atomic E-state index is 0.428. The molecule has 5 nitrogen and oxygen atoms in total. The van der Waals surface area contributed by atoms with Gasteiger partial charge >= 0.3 is 0 Å². The van der Waals surface area contributed by atoms with Crippen LogP contribution in [0.5, 0.6) is 0 Å². The summed E-state index contributed by atoms with van der Waals surface area (Å²) in [6.07, 6.45) is 0.545. The van der Waals surface area contributed by atoms with Gasteiger partial charge in [0.15, 0.2) is 0 Å². The summed E-state index contributed by atoms with van der Waals surface area (Å²) in [7, 11) is 0. The lowest BCUT2D eigenvalue weighted by atomic mass is 10.1. The van der Waals surface area contributed by atoms with Crippen LogP contribution in [-0.4, -0.2) is 18.4 Å². The molecule has 0 saturated carbocycles. The van der Waals surface area contributed by atoms with E-state index in [1.165, 1.54) is 0 Å². The molecular formula is C8H25N5. The van der Waals surface area contributed by atoms with Gasteiger partial charge in [0.2, 0.25) is 0 Å². The van der Waals surface area contributed by atoms with Crippen molar-refractivity contribution in [2.24, 2.45) is 34.6 Å². The fraction of sp³-hybridized carbons (Fsp3) is 1.00. The van der Waals surface area contributed by atoms with Crippen molar-refractivity contribution in [3.8, 4) is 0 Å². The van der Waals surface area contributed by atoms with Crippen LogP contribution in [0.25, 0.3) is 0 Å². The molecule has 0 aromatic heterocycles. The topological polar surface area (TPSA) is 130 Å². The van der Waals surface area contributed by atoms with Crippen LogP contribution < -0.4 is 28.7 Å². The number of rotatable bonds is 3. The summed E-state index contributed by atoms with van der Waals surface area (Å²) in [5, 5.41) is 0. The molecule has 0 bridgehead atoms. The zero-order valence-electron chi connectivity index (χ0n) is 8.96. The normalized spacial score (nSPS) is 13.6. The average molecular weight is 191 g/mol. The molecule has 5 heteroatoms. The number of hydrogen-bond acceptors (Lipinski definition) is 5. The fourth-order valence-corrected chi connectivity index (χ4v) is 0.430. The van der Waals surface area contributed by atoms with Gasteiger partial charge in [-0.05, 0) is 18.9 Å². The van der Waals surface area contributed by atoms with Crippen molar-refractivity contribution < 1.29 is 0 Å². The van der Waals surface area contributed by atoms with Gasteiger partial charge in [0, 0.05) is 0 Å². The van der Waals surface area contributed by atoms with E-state index in [-0.39, 0.29) is 0 Å². The van der Waals surface area contributed by atoms with Crippen LogP contribution in [0.3, 0.4) is 0 Å². The van der Waals surface area contributed by atoms with Gasteiger partial charge in [-0.15, -0.1) is 0 Å². The molecule has 1 atom stereocenters. The second-order valence-corrected chi connectivity index (χ2v) is 3.92. The SMILES string of the molecule is CC(C)C.NCCC(N)C(N)(N)N. The zero-order chi connectivity index (χ0) is 11.1. The molecule has 0 rings (SSSR count). The molecule has 0 aromatic rings. The van der Waals surface area contributed by atoms with E-state index < -0.39 is 11.8 Å². The van der Waals surface area contributed by atoms with E-state index in [4.69, 9.17) is 28.7 Å². The molecule has 1 unspecified atom stereocenters. The highest BCUT2D eigenvalue weighted by atomic mass is 15.2. The third kappa shape index (κ3) is 14.6. The van der Waals surface area contributed by atoms with E-state index >= 15 is 0 Å². The summed E-state index contributed by atoms with van der Waals surface area (Å²) < 4.78 is 0. The summed E-state index contributed by atoms with van der Waals surface area (Å²) in [6, 6.07) is -0.428. The first-order valence-electron chi connectivity index (χ1n) is 4.54. The van der Waals surface area contributed by atoms with Gasteiger partial charge in [-0.1, -0.05) is 20.8 Å². The summed E-state index contributed by atoms with van der Waals surface area (Å²) in [4.78, 5) is 0. The predicted molar refractivity (Wildman–Crippen MR) is 57.5 cm³/mol. The van der Waals surface area contributed by atoms with Gasteiger partial charge in [-0.3, -0.25) is 17.2 Å². The molecular weight excluding hydrogens is 166 g/mol. The second kappa shape index (κ2) is 7.23. The van der Waals surface area contributed by atoms with Crippen molar-refractivity contribution in [1.29, 1.82) is 0 Å². The molecule has 0 spiro atoms. The highest BCUT2D eigenvalue weighted by Crippen LogP contribution is 1.91. The van der Waals surface area contributed by atoms with Gasteiger partial charge in [0.25, 0.3) is 0 Å². The molecule has 0 heterocycles. The molecule has 0 aromatic carbocycles. The Morgan fingerprint density at radius 3 is 1.46 bits per heavy atom. The van der Waals surface area contributed by atoms with Gasteiger partial charge in [0.1, 0.15) is 5.79 Å². The van der Waals surface area contributed by atoms with Crippen LogP contribution >= 0.6 is 0 Å². The summed E-state index contributed by atoms with van der Waals surface area (Å²) in [5.41, 5.74) is 26.3. The molecule has 10 N–H and O–H groups in total. The first-order valence-corrected chi connectivity index (χ1v) is 4.54. The van der Waals surface area contributed by atoms with Crippen LogP contribution in [0.1, 0.15) is 27.2 Å². The van der Waals surface area contributed by atoms with E-state index in [1.807, 2.05) is 0 Å². The zero-order valence-corrected chi connectivity index (χ0v) is 8.96. The smallest absolute Gasteiger partial charge is 0.131 e. The monoisotopic (exact) mass is 191 g/mol. The third-order valence-electron chi connectivity index (χ3n) is 1.12. The molecule has 0 aliphatic rings. The Kier molecular flexibility index (Phi) is 8.49. The molecule has 0 aliphatic heterocycles. The van der Waals surface area contributed by atoms with Crippen LogP contribution in [0.4, 0.5) is 0 Å². The third-order valence-corrected chi connectivity index (χ3v) is 1.12. The van der Waals surface area contributed by atoms with Gasteiger partial charge < -0.3 is 11.5 Å². The Labute approximate surface area is 81.0 Å². The Bertz CT molecular complexity index is 105. The summed E-state index contributed by atoms with van der Waals surface area (Å²) in [5.74, 6) is -0.459. The average Bonchev–Trinajstić information content (AvgIpc) is 1.84. The van der Waals surface area contributed by atoms with E-state index in [2.05, 4.69) is 20.8 Å². The molecule has 0 aliphatic carbocycles. The van der Waals surface area contributed by atoms with E-state index in [9.17, 15) is 0 Å². The lowest BCUT2D eigenvalue weighted by molar-refractivity contribution is 0.353. The lowest BCUT2D eigenvalue weighted by Gasteiger charge is -2.25. The highest BCUT2D eigenvalue weighted by Gasteiger charge is 2.20. The second-order valence-electron chi connectivity index (χ2n) is 3.92. The maximum absolute atomic E-state index is 5.41.